The molecular weight excluding hydrogens is 266 g/mol. The molecule has 0 radical (unpaired) electrons. The molecule has 5 nitrogen and oxygen atoms in total. The van der Waals surface area contributed by atoms with Crippen LogP contribution in [0.15, 0.2) is 23.1 Å². The summed E-state index contributed by atoms with van der Waals surface area (Å²) in [5.41, 5.74) is 0.445. The third kappa shape index (κ3) is 2.73. The third-order valence-electron chi connectivity index (χ3n) is 3.07. The van der Waals surface area contributed by atoms with Gasteiger partial charge in [-0.2, -0.15) is 0 Å². The Labute approximate surface area is 112 Å². The topological polar surface area (TPSA) is 72.5 Å². The molecule has 0 saturated heterocycles. The Morgan fingerprint density at radius 2 is 2.05 bits per heavy atom. The smallest absolute Gasteiger partial charge is 0.337 e. The first-order chi connectivity index (χ1) is 8.75. The summed E-state index contributed by atoms with van der Waals surface area (Å²) in [5.74, 6) is -0.400. The van der Waals surface area contributed by atoms with E-state index in [1.807, 2.05) is 13.8 Å². The van der Waals surface area contributed by atoms with E-state index in [0.29, 0.717) is 17.8 Å². The molecule has 1 aromatic rings. The van der Waals surface area contributed by atoms with Crippen molar-refractivity contribution < 1.29 is 17.9 Å². The van der Waals surface area contributed by atoms with Gasteiger partial charge in [-0.25, -0.2) is 13.2 Å². The fourth-order valence-corrected chi connectivity index (χ4v) is 4.19. The van der Waals surface area contributed by atoms with Crippen LogP contribution in [0.2, 0.25) is 0 Å². The SMILES string of the molecule is COC(=O)c1ccc2c(c1)NCC(C)(C)CS2(=O)=O. The molecule has 1 aliphatic rings. The van der Waals surface area contributed by atoms with E-state index in [9.17, 15) is 13.2 Å². The van der Waals surface area contributed by atoms with E-state index in [2.05, 4.69) is 10.1 Å². The zero-order valence-corrected chi connectivity index (χ0v) is 12.0. The highest BCUT2D eigenvalue weighted by atomic mass is 32.2. The summed E-state index contributed by atoms with van der Waals surface area (Å²) in [4.78, 5) is 11.7. The molecule has 0 unspecified atom stereocenters. The van der Waals surface area contributed by atoms with Gasteiger partial charge >= 0.3 is 5.97 Å². The van der Waals surface area contributed by atoms with Gasteiger partial charge in [0.1, 0.15) is 0 Å². The van der Waals surface area contributed by atoms with Crippen LogP contribution in [0.25, 0.3) is 0 Å². The lowest BCUT2D eigenvalue weighted by Crippen LogP contribution is -2.28. The summed E-state index contributed by atoms with van der Waals surface area (Å²) in [6.07, 6.45) is 0. The third-order valence-corrected chi connectivity index (χ3v) is 5.26. The van der Waals surface area contributed by atoms with E-state index in [0.717, 1.165) is 0 Å². The maximum Gasteiger partial charge on any atom is 0.337 e. The molecule has 6 heteroatoms. The second-order valence-corrected chi connectivity index (χ2v) is 7.44. The first-order valence-corrected chi connectivity index (χ1v) is 7.59. The number of carbonyl (C=O) groups is 1. The molecule has 1 N–H and O–H groups in total. The molecule has 104 valence electrons. The Balaban J connectivity index is 2.53. The lowest BCUT2D eigenvalue weighted by molar-refractivity contribution is 0.0600. The van der Waals surface area contributed by atoms with Crippen LogP contribution in [-0.4, -0.2) is 33.8 Å². The number of carbonyl (C=O) groups excluding carboxylic acids is 1. The molecular formula is C13H17NO4S. The normalized spacial score (nSPS) is 19.7. The second-order valence-electron chi connectivity index (χ2n) is 5.48. The van der Waals surface area contributed by atoms with E-state index in [4.69, 9.17) is 0 Å². The molecule has 0 bridgehead atoms. The molecule has 0 amide bonds. The lowest BCUT2D eigenvalue weighted by Gasteiger charge is -2.20. The van der Waals surface area contributed by atoms with Crippen molar-refractivity contribution in [1.82, 2.24) is 0 Å². The number of rotatable bonds is 1. The van der Waals surface area contributed by atoms with Crippen LogP contribution in [0, 0.1) is 5.41 Å². The number of hydrogen-bond donors (Lipinski definition) is 1. The van der Waals surface area contributed by atoms with Gasteiger partial charge in [0.2, 0.25) is 0 Å². The Kier molecular flexibility index (Phi) is 3.30. The summed E-state index contributed by atoms with van der Waals surface area (Å²) in [6.45, 7) is 4.32. The number of nitrogens with one attached hydrogen (secondary N) is 1. The summed E-state index contributed by atoms with van der Waals surface area (Å²) < 4.78 is 29.2. The average molecular weight is 283 g/mol. The predicted octanol–water partition coefficient (Wildman–Crippen LogP) is 1.70. The Morgan fingerprint density at radius 3 is 2.68 bits per heavy atom. The summed E-state index contributed by atoms with van der Waals surface area (Å²) in [7, 11) is -2.06. The van der Waals surface area contributed by atoms with Gasteiger partial charge in [0.05, 0.1) is 29.0 Å². The molecule has 1 aliphatic heterocycles. The quantitative estimate of drug-likeness (QED) is 0.794. The van der Waals surface area contributed by atoms with Gasteiger partial charge in [-0.15, -0.1) is 0 Å². The molecule has 0 aromatic heterocycles. The minimum absolute atomic E-state index is 0.0809. The van der Waals surface area contributed by atoms with Gasteiger partial charge in [-0.05, 0) is 23.6 Å². The molecule has 0 saturated carbocycles. The fourth-order valence-electron chi connectivity index (χ4n) is 2.16. The van der Waals surface area contributed by atoms with E-state index < -0.39 is 15.8 Å². The van der Waals surface area contributed by atoms with Gasteiger partial charge in [0, 0.05) is 6.54 Å². The largest absolute Gasteiger partial charge is 0.465 e. The van der Waals surface area contributed by atoms with Gasteiger partial charge < -0.3 is 10.1 Å². The predicted molar refractivity (Wildman–Crippen MR) is 72.1 cm³/mol. The lowest BCUT2D eigenvalue weighted by atomic mass is 9.96. The van der Waals surface area contributed by atoms with Crippen molar-refractivity contribution in [3.8, 4) is 0 Å². The number of anilines is 1. The van der Waals surface area contributed by atoms with Crippen LogP contribution >= 0.6 is 0 Å². The van der Waals surface area contributed by atoms with Crippen LogP contribution in [0.1, 0.15) is 24.2 Å². The number of sulfone groups is 1. The highest BCUT2D eigenvalue weighted by Crippen LogP contribution is 2.32. The molecule has 0 aliphatic carbocycles. The summed E-state index contributed by atoms with van der Waals surface area (Å²) >= 11 is 0. The molecule has 19 heavy (non-hydrogen) atoms. The molecule has 0 fully saturated rings. The highest BCUT2D eigenvalue weighted by Gasteiger charge is 2.33. The number of methoxy groups -OCH3 is 1. The van der Waals surface area contributed by atoms with Crippen molar-refractivity contribution in [1.29, 1.82) is 0 Å². The summed E-state index contributed by atoms with van der Waals surface area (Å²) in [5, 5.41) is 3.10. The minimum Gasteiger partial charge on any atom is -0.465 e. The van der Waals surface area contributed by atoms with Crippen molar-refractivity contribution in [2.75, 3.05) is 24.7 Å². The maximum atomic E-state index is 12.3. The van der Waals surface area contributed by atoms with Crippen molar-refractivity contribution in [2.45, 2.75) is 18.7 Å². The summed E-state index contributed by atoms with van der Waals surface area (Å²) in [6, 6.07) is 4.47. The second kappa shape index (κ2) is 4.52. The fraction of sp³-hybridized carbons (Fsp3) is 0.462. The van der Waals surface area contributed by atoms with Crippen LogP contribution in [0.4, 0.5) is 5.69 Å². The van der Waals surface area contributed by atoms with E-state index in [1.54, 1.807) is 0 Å². The van der Waals surface area contributed by atoms with Crippen LogP contribution in [-0.2, 0) is 14.6 Å². The van der Waals surface area contributed by atoms with Gasteiger partial charge in [0.15, 0.2) is 9.84 Å². The zero-order chi connectivity index (χ0) is 14.3. The molecule has 1 heterocycles. The van der Waals surface area contributed by atoms with E-state index in [1.165, 1.54) is 25.3 Å². The zero-order valence-electron chi connectivity index (χ0n) is 11.2. The number of benzene rings is 1. The van der Waals surface area contributed by atoms with E-state index in [-0.39, 0.29) is 16.1 Å². The van der Waals surface area contributed by atoms with Gasteiger partial charge in [0.25, 0.3) is 0 Å². The van der Waals surface area contributed by atoms with Crippen LogP contribution in [0.5, 0.6) is 0 Å². The number of esters is 1. The van der Waals surface area contributed by atoms with Gasteiger partial charge in [-0.3, -0.25) is 0 Å². The molecule has 1 aromatic carbocycles. The van der Waals surface area contributed by atoms with Crippen LogP contribution < -0.4 is 5.32 Å². The molecule has 0 atom stereocenters. The van der Waals surface area contributed by atoms with Crippen molar-refractivity contribution in [3.05, 3.63) is 23.8 Å². The monoisotopic (exact) mass is 283 g/mol. The van der Waals surface area contributed by atoms with Crippen molar-refractivity contribution in [3.63, 3.8) is 0 Å². The molecule has 0 spiro atoms. The van der Waals surface area contributed by atoms with Crippen LogP contribution in [0.3, 0.4) is 0 Å². The Bertz CT molecular complexity index is 620. The Hall–Kier alpha value is -1.56. The van der Waals surface area contributed by atoms with Gasteiger partial charge in [-0.1, -0.05) is 13.8 Å². The first kappa shape index (κ1) is 13.9. The highest BCUT2D eigenvalue weighted by molar-refractivity contribution is 7.91. The van der Waals surface area contributed by atoms with E-state index >= 15 is 0 Å². The maximum absolute atomic E-state index is 12.3. The standard InChI is InChI=1S/C13H17NO4S/c1-13(2)7-14-10-6-9(12(15)18-3)4-5-11(10)19(16,17)8-13/h4-6,14H,7-8H2,1-3H3. The molecule has 2 rings (SSSR count). The number of hydrogen-bond acceptors (Lipinski definition) is 5. The van der Waals surface area contributed by atoms with Crippen molar-refractivity contribution >= 4 is 21.5 Å². The first-order valence-electron chi connectivity index (χ1n) is 5.94. The number of ether oxygens (including phenoxy) is 1. The van der Waals surface area contributed by atoms with Crippen molar-refractivity contribution in [2.24, 2.45) is 5.41 Å². The minimum atomic E-state index is -3.35. The Morgan fingerprint density at radius 1 is 1.37 bits per heavy atom. The average Bonchev–Trinajstić information content (AvgIpc) is 2.42. The number of fused-ring (bicyclic) bond motifs is 1.